The molecule has 5 nitrogen and oxygen atoms in total. The maximum Gasteiger partial charge on any atom is 0.329 e. The van der Waals surface area contributed by atoms with Crippen LogP contribution in [0.3, 0.4) is 0 Å². The standard InChI is InChI=1S/C25H24ClN3O2S/c1-4-19-20(17-11-8-12-18(26)15(17)2)21-22(27-14-28-23(21)32-19)29-25(3,24(30)31)13-16-9-6-5-7-10-16/h5-12,14H,4,13H2,1-3H3,(H,30,31)(H,27,28,29). The number of nitrogens with zero attached hydrogens (tertiary/aromatic N) is 2. The maximum absolute atomic E-state index is 12.4. The molecular weight excluding hydrogens is 442 g/mol. The van der Waals surface area contributed by atoms with E-state index < -0.39 is 11.5 Å². The molecule has 4 aromatic rings. The number of fused-ring (bicyclic) bond motifs is 1. The summed E-state index contributed by atoms with van der Waals surface area (Å²) in [4.78, 5) is 23.3. The Balaban J connectivity index is 1.89. The van der Waals surface area contributed by atoms with E-state index in [9.17, 15) is 9.90 Å². The molecule has 0 bridgehead atoms. The lowest BCUT2D eigenvalue weighted by Crippen LogP contribution is -2.45. The van der Waals surface area contributed by atoms with Crippen LogP contribution in [0.5, 0.6) is 0 Å². The van der Waals surface area contributed by atoms with Crippen LogP contribution < -0.4 is 5.32 Å². The van der Waals surface area contributed by atoms with E-state index in [2.05, 4.69) is 22.2 Å². The Bertz CT molecular complexity index is 1290. The molecule has 2 aromatic carbocycles. The van der Waals surface area contributed by atoms with Gasteiger partial charge in [-0.15, -0.1) is 11.3 Å². The van der Waals surface area contributed by atoms with Gasteiger partial charge in [-0.05, 0) is 43.0 Å². The van der Waals surface area contributed by atoms with Gasteiger partial charge in [0.15, 0.2) is 0 Å². The fourth-order valence-electron chi connectivity index (χ4n) is 3.92. The van der Waals surface area contributed by atoms with E-state index in [0.717, 1.165) is 43.8 Å². The third kappa shape index (κ3) is 4.08. The van der Waals surface area contributed by atoms with Crippen molar-refractivity contribution in [3.63, 3.8) is 0 Å². The number of aryl methyl sites for hydroxylation is 1. The summed E-state index contributed by atoms with van der Waals surface area (Å²) in [6, 6.07) is 15.4. The molecular formula is C25H24ClN3O2S. The van der Waals surface area contributed by atoms with E-state index in [1.165, 1.54) is 6.33 Å². The second-order valence-electron chi connectivity index (χ2n) is 7.99. The lowest BCUT2D eigenvalue weighted by atomic mass is 9.92. The van der Waals surface area contributed by atoms with Crippen molar-refractivity contribution in [2.45, 2.75) is 39.2 Å². The molecule has 164 valence electrons. The molecule has 0 fully saturated rings. The first-order valence-corrected chi connectivity index (χ1v) is 11.6. The van der Waals surface area contributed by atoms with Crippen LogP contribution in [-0.2, 0) is 17.6 Å². The van der Waals surface area contributed by atoms with Gasteiger partial charge in [0.2, 0.25) is 0 Å². The Labute approximate surface area is 196 Å². The lowest BCUT2D eigenvalue weighted by Gasteiger charge is -2.27. The van der Waals surface area contributed by atoms with Crippen LogP contribution in [0.2, 0.25) is 5.02 Å². The van der Waals surface area contributed by atoms with Gasteiger partial charge in [0, 0.05) is 21.9 Å². The van der Waals surface area contributed by atoms with E-state index in [-0.39, 0.29) is 0 Å². The van der Waals surface area contributed by atoms with Crippen molar-refractivity contribution >= 4 is 44.9 Å². The highest BCUT2D eigenvalue weighted by Gasteiger charge is 2.35. The van der Waals surface area contributed by atoms with Crippen molar-refractivity contribution in [1.82, 2.24) is 9.97 Å². The van der Waals surface area contributed by atoms with Gasteiger partial charge >= 0.3 is 5.97 Å². The van der Waals surface area contributed by atoms with E-state index in [4.69, 9.17) is 11.6 Å². The molecule has 0 spiro atoms. The van der Waals surface area contributed by atoms with Crippen molar-refractivity contribution in [2.75, 3.05) is 5.32 Å². The predicted molar refractivity (Wildman–Crippen MR) is 132 cm³/mol. The number of hydrogen-bond donors (Lipinski definition) is 2. The first kappa shape index (κ1) is 22.2. The number of rotatable bonds is 7. The number of carboxylic acid groups (broad SMARTS) is 1. The lowest BCUT2D eigenvalue weighted by molar-refractivity contribution is -0.141. The highest BCUT2D eigenvalue weighted by atomic mass is 35.5. The van der Waals surface area contributed by atoms with Crippen LogP contribution in [0, 0.1) is 6.92 Å². The zero-order chi connectivity index (χ0) is 22.9. The molecule has 0 aliphatic heterocycles. The fourth-order valence-corrected chi connectivity index (χ4v) is 5.19. The molecule has 2 aromatic heterocycles. The minimum Gasteiger partial charge on any atom is -0.480 e. The first-order valence-electron chi connectivity index (χ1n) is 10.4. The van der Waals surface area contributed by atoms with E-state index in [1.54, 1.807) is 18.3 Å². The smallest absolute Gasteiger partial charge is 0.329 e. The number of hydrogen-bond acceptors (Lipinski definition) is 5. The van der Waals surface area contributed by atoms with Crippen molar-refractivity contribution < 1.29 is 9.90 Å². The molecule has 0 aliphatic carbocycles. The Morgan fingerprint density at radius 3 is 2.59 bits per heavy atom. The van der Waals surface area contributed by atoms with Gasteiger partial charge in [0.05, 0.1) is 5.39 Å². The third-order valence-corrected chi connectivity index (χ3v) is 7.34. The maximum atomic E-state index is 12.4. The first-order chi connectivity index (χ1) is 15.3. The van der Waals surface area contributed by atoms with E-state index >= 15 is 0 Å². The molecule has 0 aliphatic rings. The summed E-state index contributed by atoms with van der Waals surface area (Å²) >= 11 is 8.04. The van der Waals surface area contributed by atoms with Gasteiger partial charge in [-0.2, -0.15) is 0 Å². The molecule has 2 heterocycles. The van der Waals surface area contributed by atoms with E-state index in [0.29, 0.717) is 17.3 Å². The average Bonchev–Trinajstić information content (AvgIpc) is 3.16. The second-order valence-corrected chi connectivity index (χ2v) is 9.48. The zero-order valence-electron chi connectivity index (χ0n) is 18.1. The SMILES string of the molecule is CCc1sc2ncnc(NC(C)(Cc3ccccc3)C(=O)O)c2c1-c1cccc(Cl)c1C. The molecule has 2 N–H and O–H groups in total. The highest BCUT2D eigenvalue weighted by Crippen LogP contribution is 2.43. The Kier molecular flexibility index (Phi) is 6.17. The minimum atomic E-state index is -1.25. The van der Waals surface area contributed by atoms with Crippen molar-refractivity contribution in [2.24, 2.45) is 0 Å². The summed E-state index contributed by atoms with van der Waals surface area (Å²) in [5.74, 6) is -0.430. The number of aliphatic carboxylic acids is 1. The monoisotopic (exact) mass is 465 g/mol. The molecule has 0 amide bonds. The fraction of sp³-hybridized carbons (Fsp3) is 0.240. The predicted octanol–water partition coefficient (Wildman–Crippen LogP) is 6.38. The minimum absolute atomic E-state index is 0.310. The molecule has 0 saturated carbocycles. The van der Waals surface area contributed by atoms with Crippen LogP contribution >= 0.6 is 22.9 Å². The molecule has 7 heteroatoms. The molecule has 1 unspecified atom stereocenters. The summed E-state index contributed by atoms with van der Waals surface area (Å²) < 4.78 is 0. The average molecular weight is 466 g/mol. The molecule has 4 rings (SSSR count). The van der Waals surface area contributed by atoms with Gasteiger partial charge < -0.3 is 10.4 Å². The van der Waals surface area contributed by atoms with E-state index in [1.807, 2.05) is 55.5 Å². The summed E-state index contributed by atoms with van der Waals surface area (Å²) in [7, 11) is 0. The van der Waals surface area contributed by atoms with Crippen molar-refractivity contribution in [1.29, 1.82) is 0 Å². The Morgan fingerprint density at radius 1 is 1.16 bits per heavy atom. The summed E-state index contributed by atoms with van der Waals surface area (Å²) in [5, 5.41) is 14.9. The van der Waals surface area contributed by atoms with Crippen LogP contribution in [0.1, 0.15) is 29.9 Å². The Morgan fingerprint density at radius 2 is 1.91 bits per heavy atom. The van der Waals surface area contributed by atoms with Crippen LogP contribution in [0.4, 0.5) is 5.82 Å². The highest BCUT2D eigenvalue weighted by molar-refractivity contribution is 7.19. The Hall–Kier alpha value is -2.96. The largest absolute Gasteiger partial charge is 0.480 e. The normalized spacial score (nSPS) is 13.1. The molecule has 0 saturated heterocycles. The molecule has 1 atom stereocenters. The zero-order valence-corrected chi connectivity index (χ0v) is 19.7. The second kappa shape index (κ2) is 8.88. The van der Waals surface area contributed by atoms with Gasteiger partial charge in [-0.1, -0.05) is 61.0 Å². The quantitative estimate of drug-likeness (QED) is 0.331. The topological polar surface area (TPSA) is 75.1 Å². The van der Waals surface area contributed by atoms with Crippen LogP contribution in [0.15, 0.2) is 54.9 Å². The summed E-state index contributed by atoms with van der Waals surface area (Å²) in [6.07, 6.45) is 2.62. The van der Waals surface area contributed by atoms with Gasteiger partial charge in [0.1, 0.15) is 22.5 Å². The number of thiophene rings is 1. The number of aromatic nitrogens is 2. The summed E-state index contributed by atoms with van der Waals surface area (Å²) in [5.41, 5.74) is 2.68. The number of benzene rings is 2. The summed E-state index contributed by atoms with van der Waals surface area (Å²) in [6.45, 7) is 5.79. The van der Waals surface area contributed by atoms with Gasteiger partial charge in [0.25, 0.3) is 0 Å². The van der Waals surface area contributed by atoms with Crippen LogP contribution in [0.25, 0.3) is 21.3 Å². The molecule has 32 heavy (non-hydrogen) atoms. The van der Waals surface area contributed by atoms with Crippen molar-refractivity contribution in [3.05, 3.63) is 75.9 Å². The van der Waals surface area contributed by atoms with Crippen molar-refractivity contribution in [3.8, 4) is 11.1 Å². The third-order valence-electron chi connectivity index (χ3n) is 5.69. The number of anilines is 1. The number of carbonyl (C=O) groups is 1. The number of nitrogens with one attached hydrogen (secondary N) is 1. The van der Waals surface area contributed by atoms with Gasteiger partial charge in [-0.25, -0.2) is 14.8 Å². The number of carboxylic acids is 1. The van der Waals surface area contributed by atoms with Crippen LogP contribution in [-0.4, -0.2) is 26.6 Å². The molecule has 0 radical (unpaired) electrons. The number of halogens is 1. The van der Waals surface area contributed by atoms with Gasteiger partial charge in [-0.3, -0.25) is 0 Å².